The number of anilines is 1. The minimum Gasteiger partial charge on any atom is -0.310 e. The van der Waals surface area contributed by atoms with Crippen LogP contribution in [0, 0.1) is 6.92 Å². The van der Waals surface area contributed by atoms with Crippen molar-refractivity contribution >= 4 is 40.0 Å². The van der Waals surface area contributed by atoms with E-state index in [4.69, 9.17) is 5.10 Å². The number of nitrogens with zero attached hydrogens (tertiary/aromatic N) is 5. The molecule has 0 bridgehead atoms. The first-order chi connectivity index (χ1) is 16.2. The normalized spacial score (nSPS) is 13.6. The number of carbonyl (C=O) groups is 1. The van der Waals surface area contributed by atoms with E-state index in [1.807, 2.05) is 63.7 Å². The zero-order valence-electron chi connectivity index (χ0n) is 18.1. The number of para-hydroxylation sites is 2. The smallest absolute Gasteiger partial charge is 0.236 e. The summed E-state index contributed by atoms with van der Waals surface area (Å²) in [6, 6.07) is 22.1. The fourth-order valence-corrected chi connectivity index (χ4v) is 4.86. The van der Waals surface area contributed by atoms with Crippen LogP contribution in [0.2, 0.25) is 0 Å². The summed E-state index contributed by atoms with van der Waals surface area (Å²) in [7, 11) is 0. The molecule has 33 heavy (non-hydrogen) atoms. The van der Waals surface area contributed by atoms with E-state index in [1.54, 1.807) is 0 Å². The van der Waals surface area contributed by atoms with E-state index in [0.717, 1.165) is 46.3 Å². The molecular weight excluding hydrogens is 432 g/mol. The molecule has 0 saturated heterocycles. The van der Waals surface area contributed by atoms with Gasteiger partial charge in [0, 0.05) is 17.4 Å². The van der Waals surface area contributed by atoms with Crippen molar-refractivity contribution in [2.75, 3.05) is 11.1 Å². The van der Waals surface area contributed by atoms with Crippen molar-refractivity contribution in [2.24, 2.45) is 0 Å². The fraction of sp³-hybridized carbons (Fsp3) is 0.200. The van der Waals surface area contributed by atoms with Gasteiger partial charge in [0.1, 0.15) is 5.82 Å². The molecule has 1 aliphatic carbocycles. The van der Waals surface area contributed by atoms with Gasteiger partial charge in [-0.15, -0.1) is 10.2 Å². The molecule has 0 radical (unpaired) electrons. The maximum absolute atomic E-state index is 12.9. The third kappa shape index (κ3) is 3.76. The van der Waals surface area contributed by atoms with E-state index < -0.39 is 0 Å². The number of benzene rings is 2. The van der Waals surface area contributed by atoms with Crippen molar-refractivity contribution in [3.05, 3.63) is 78.0 Å². The Balaban J connectivity index is 1.25. The molecule has 3 aromatic heterocycles. The second-order valence-corrected chi connectivity index (χ2v) is 9.28. The molecular formula is C25H22N6OS. The Hall–Kier alpha value is -3.65. The number of amides is 1. The van der Waals surface area contributed by atoms with Crippen LogP contribution in [0.15, 0.2) is 71.9 Å². The van der Waals surface area contributed by atoms with Crippen LogP contribution in [-0.4, -0.2) is 36.0 Å². The maximum Gasteiger partial charge on any atom is 0.236 e. The Labute approximate surface area is 194 Å². The number of aryl methyl sites for hydroxylation is 1. The number of hydrogen-bond donors (Lipinski definition) is 1. The van der Waals surface area contributed by atoms with Crippen molar-refractivity contribution in [1.82, 2.24) is 24.4 Å². The number of thioether (sulfide) groups is 1. The minimum atomic E-state index is -0.104. The van der Waals surface area contributed by atoms with Gasteiger partial charge in [0.05, 0.1) is 22.7 Å². The van der Waals surface area contributed by atoms with Gasteiger partial charge in [-0.2, -0.15) is 5.10 Å². The molecule has 7 nitrogen and oxygen atoms in total. The van der Waals surface area contributed by atoms with Gasteiger partial charge < -0.3 is 5.32 Å². The molecule has 2 aromatic carbocycles. The lowest BCUT2D eigenvalue weighted by molar-refractivity contribution is -0.113. The number of nitrogens with one attached hydrogen (secondary N) is 1. The Bertz CT molecular complexity index is 1490. The van der Waals surface area contributed by atoms with Gasteiger partial charge in [0.25, 0.3) is 0 Å². The van der Waals surface area contributed by atoms with Crippen LogP contribution in [0.4, 0.5) is 5.82 Å². The molecule has 0 unspecified atom stereocenters. The zero-order chi connectivity index (χ0) is 22.4. The molecule has 3 heterocycles. The molecule has 1 amide bonds. The Morgan fingerprint density at radius 3 is 2.67 bits per heavy atom. The molecule has 1 N–H and O–H groups in total. The molecule has 0 spiro atoms. The van der Waals surface area contributed by atoms with Crippen molar-refractivity contribution < 1.29 is 4.79 Å². The lowest BCUT2D eigenvalue weighted by Crippen LogP contribution is -2.17. The third-order valence-electron chi connectivity index (χ3n) is 5.90. The van der Waals surface area contributed by atoms with Crippen LogP contribution in [0.5, 0.6) is 0 Å². The average molecular weight is 455 g/mol. The zero-order valence-corrected chi connectivity index (χ0v) is 18.9. The molecule has 5 aromatic rings. The number of fused-ring (bicyclic) bond motifs is 3. The summed E-state index contributed by atoms with van der Waals surface area (Å²) in [5.74, 6) is 1.31. The number of pyridine rings is 1. The Kier molecular flexibility index (Phi) is 4.87. The monoisotopic (exact) mass is 454 g/mol. The van der Waals surface area contributed by atoms with Gasteiger partial charge in [-0.1, -0.05) is 48.2 Å². The summed E-state index contributed by atoms with van der Waals surface area (Å²) < 4.78 is 3.83. The summed E-state index contributed by atoms with van der Waals surface area (Å²) in [5.41, 5.74) is 4.94. The van der Waals surface area contributed by atoms with Gasteiger partial charge in [0.2, 0.25) is 5.91 Å². The van der Waals surface area contributed by atoms with Crippen LogP contribution in [-0.2, 0) is 4.79 Å². The van der Waals surface area contributed by atoms with Crippen LogP contribution < -0.4 is 5.32 Å². The highest BCUT2D eigenvalue weighted by atomic mass is 32.2. The van der Waals surface area contributed by atoms with Crippen LogP contribution in [0.3, 0.4) is 0 Å². The largest absolute Gasteiger partial charge is 0.310 e. The quantitative estimate of drug-likeness (QED) is 0.366. The highest BCUT2D eigenvalue weighted by molar-refractivity contribution is 7.99. The molecule has 1 fully saturated rings. The third-order valence-corrected chi connectivity index (χ3v) is 6.83. The minimum absolute atomic E-state index is 0.104. The van der Waals surface area contributed by atoms with Crippen LogP contribution >= 0.6 is 11.8 Å². The molecule has 0 atom stereocenters. The van der Waals surface area contributed by atoms with E-state index in [-0.39, 0.29) is 11.7 Å². The highest BCUT2D eigenvalue weighted by Gasteiger charge is 2.28. The van der Waals surface area contributed by atoms with Crippen LogP contribution in [0.25, 0.3) is 22.2 Å². The molecule has 8 heteroatoms. The van der Waals surface area contributed by atoms with Gasteiger partial charge in [-0.05, 0) is 49.6 Å². The Morgan fingerprint density at radius 2 is 1.85 bits per heavy atom. The number of carbonyl (C=O) groups excluding carboxylic acids is 1. The first-order valence-corrected chi connectivity index (χ1v) is 12.0. The number of rotatable bonds is 6. The van der Waals surface area contributed by atoms with E-state index in [0.29, 0.717) is 16.9 Å². The molecule has 164 valence electrons. The lowest BCUT2D eigenvalue weighted by atomic mass is 10.1. The van der Waals surface area contributed by atoms with E-state index >= 15 is 0 Å². The second-order valence-electron chi connectivity index (χ2n) is 8.33. The summed E-state index contributed by atoms with van der Waals surface area (Å²) in [6.07, 6.45) is 2.31. The van der Waals surface area contributed by atoms with Gasteiger partial charge in [0.15, 0.2) is 10.8 Å². The lowest BCUT2D eigenvalue weighted by Gasteiger charge is -2.09. The number of hydrogen-bond acceptors (Lipinski definition) is 5. The van der Waals surface area contributed by atoms with Crippen molar-refractivity contribution in [2.45, 2.75) is 30.8 Å². The van der Waals surface area contributed by atoms with Crippen molar-refractivity contribution in [1.29, 1.82) is 0 Å². The summed E-state index contributed by atoms with van der Waals surface area (Å²) in [4.78, 5) is 12.9. The summed E-state index contributed by atoms with van der Waals surface area (Å²) in [6.45, 7) is 2.07. The van der Waals surface area contributed by atoms with Crippen molar-refractivity contribution in [3.63, 3.8) is 0 Å². The van der Waals surface area contributed by atoms with Gasteiger partial charge >= 0.3 is 0 Å². The van der Waals surface area contributed by atoms with Gasteiger partial charge in [-0.25, -0.2) is 4.68 Å². The van der Waals surface area contributed by atoms with E-state index in [2.05, 4.69) is 34.6 Å². The molecule has 1 aliphatic rings. The van der Waals surface area contributed by atoms with Gasteiger partial charge in [-0.3, -0.25) is 9.20 Å². The first-order valence-electron chi connectivity index (χ1n) is 11.0. The standard InChI is InChI=1S/C25H22N6OS/c1-16-13-23-27-28-25(30(23)21-10-6-5-9-19(16)21)33-15-24(32)26-22-14-20(17-11-12-17)29-31(22)18-7-3-2-4-8-18/h2-10,13-14,17H,11-12,15H2,1H3,(H,26,32). The topological polar surface area (TPSA) is 77.1 Å². The molecule has 6 rings (SSSR count). The average Bonchev–Trinajstić information content (AvgIpc) is 3.48. The van der Waals surface area contributed by atoms with Crippen molar-refractivity contribution in [3.8, 4) is 5.69 Å². The predicted octanol–water partition coefficient (Wildman–Crippen LogP) is 4.98. The summed E-state index contributed by atoms with van der Waals surface area (Å²) in [5, 5.41) is 18.3. The second kappa shape index (κ2) is 8.04. The Morgan fingerprint density at radius 1 is 1.06 bits per heavy atom. The van der Waals surface area contributed by atoms with Crippen LogP contribution in [0.1, 0.15) is 30.0 Å². The predicted molar refractivity (Wildman–Crippen MR) is 130 cm³/mol. The first kappa shape index (κ1) is 20.0. The van der Waals surface area contributed by atoms with E-state index in [1.165, 1.54) is 11.8 Å². The van der Waals surface area contributed by atoms with E-state index in [9.17, 15) is 4.79 Å². The SMILES string of the molecule is Cc1cc2nnc(SCC(=O)Nc3cc(C4CC4)nn3-c3ccccc3)n2c2ccccc12. The maximum atomic E-state index is 12.9. The molecule has 1 saturated carbocycles. The molecule has 0 aliphatic heterocycles. The number of aromatic nitrogens is 5. The summed E-state index contributed by atoms with van der Waals surface area (Å²) >= 11 is 1.38. The highest BCUT2D eigenvalue weighted by Crippen LogP contribution is 2.40. The fourth-order valence-electron chi connectivity index (χ4n) is 4.11.